The molecule has 0 saturated carbocycles. The largest absolute Gasteiger partial charge is 0.335 e. The molecule has 1 saturated heterocycles. The van der Waals surface area contributed by atoms with Crippen molar-refractivity contribution >= 4 is 11.7 Å². The van der Waals surface area contributed by atoms with Gasteiger partial charge in [0.1, 0.15) is 0 Å². The molecule has 1 aromatic heterocycles. The molecular formula is C15H23N3O2. The molecule has 1 aliphatic heterocycles. The second-order valence-electron chi connectivity index (χ2n) is 6.15. The lowest BCUT2D eigenvalue weighted by atomic mass is 9.91. The van der Waals surface area contributed by atoms with Crippen LogP contribution < -0.4 is 0 Å². The van der Waals surface area contributed by atoms with Crippen LogP contribution in [0.3, 0.4) is 0 Å². The van der Waals surface area contributed by atoms with E-state index in [1.165, 1.54) is 0 Å². The highest BCUT2D eigenvalue weighted by Crippen LogP contribution is 2.22. The van der Waals surface area contributed by atoms with Crippen LogP contribution in [0.25, 0.3) is 0 Å². The van der Waals surface area contributed by atoms with Gasteiger partial charge in [-0.25, -0.2) is 0 Å². The summed E-state index contributed by atoms with van der Waals surface area (Å²) in [5.41, 5.74) is 1.84. The second kappa shape index (κ2) is 5.38. The third kappa shape index (κ3) is 2.62. The molecule has 0 bridgehead atoms. The highest BCUT2D eigenvalue weighted by Gasteiger charge is 2.32. The predicted octanol–water partition coefficient (Wildman–Crippen LogP) is 1.72. The van der Waals surface area contributed by atoms with E-state index in [2.05, 4.69) is 18.9 Å². The quantitative estimate of drug-likeness (QED) is 0.611. The van der Waals surface area contributed by atoms with Crippen molar-refractivity contribution in [2.75, 3.05) is 13.1 Å². The zero-order valence-electron chi connectivity index (χ0n) is 12.9. The number of likely N-dealkylation sites (tertiary alicyclic amines) is 1. The van der Waals surface area contributed by atoms with Crippen molar-refractivity contribution in [1.82, 2.24) is 14.7 Å². The van der Waals surface area contributed by atoms with E-state index in [9.17, 15) is 9.59 Å². The molecule has 20 heavy (non-hydrogen) atoms. The van der Waals surface area contributed by atoms with Crippen molar-refractivity contribution in [3.05, 3.63) is 17.0 Å². The number of hydrogen-bond acceptors (Lipinski definition) is 3. The van der Waals surface area contributed by atoms with E-state index < -0.39 is 5.78 Å². The summed E-state index contributed by atoms with van der Waals surface area (Å²) in [6.45, 7) is 9.19. The number of carbonyl (C=O) groups is 2. The van der Waals surface area contributed by atoms with E-state index in [0.717, 1.165) is 12.1 Å². The number of hydrogen-bond donors (Lipinski definition) is 0. The van der Waals surface area contributed by atoms with Gasteiger partial charge in [0.05, 0.1) is 11.3 Å². The van der Waals surface area contributed by atoms with Crippen molar-refractivity contribution < 1.29 is 9.59 Å². The van der Waals surface area contributed by atoms with Crippen LogP contribution in [0.5, 0.6) is 0 Å². The van der Waals surface area contributed by atoms with Crippen molar-refractivity contribution in [3.8, 4) is 0 Å². The third-order valence-corrected chi connectivity index (χ3v) is 4.09. The molecule has 0 aliphatic carbocycles. The maximum absolute atomic E-state index is 12.5. The summed E-state index contributed by atoms with van der Waals surface area (Å²) in [5, 5.41) is 4.21. The molecule has 0 N–H and O–H groups in total. The van der Waals surface area contributed by atoms with Crippen molar-refractivity contribution in [2.24, 2.45) is 18.9 Å². The summed E-state index contributed by atoms with van der Waals surface area (Å²) in [7, 11) is 1.79. The summed E-state index contributed by atoms with van der Waals surface area (Å²) in [6, 6.07) is 0. The number of Topliss-reactive ketones (excluding diaryl/α,β-unsaturated/α-hetero) is 1. The normalized spacial score (nSPS) is 22.9. The Balaban J connectivity index is 2.22. The Morgan fingerprint density at radius 3 is 2.15 bits per heavy atom. The van der Waals surface area contributed by atoms with Crippen molar-refractivity contribution in [1.29, 1.82) is 0 Å². The van der Waals surface area contributed by atoms with Gasteiger partial charge in [-0.2, -0.15) is 5.10 Å². The van der Waals surface area contributed by atoms with Crippen LogP contribution in [0, 0.1) is 25.7 Å². The number of aromatic nitrogens is 2. The number of nitrogens with zero attached hydrogens (tertiary/aromatic N) is 3. The third-order valence-electron chi connectivity index (χ3n) is 4.09. The van der Waals surface area contributed by atoms with Crippen LogP contribution in [0.4, 0.5) is 0 Å². The fourth-order valence-corrected chi connectivity index (χ4v) is 3.18. The topological polar surface area (TPSA) is 55.2 Å². The zero-order valence-corrected chi connectivity index (χ0v) is 12.9. The summed E-state index contributed by atoms with van der Waals surface area (Å²) >= 11 is 0. The van der Waals surface area contributed by atoms with Gasteiger partial charge in [-0.3, -0.25) is 14.3 Å². The SMILES string of the molecule is Cc1nn(C)c(C)c1C(=O)C(=O)N1C[C@H](C)C[C@H](C)C1. The minimum absolute atomic E-state index is 0.386. The number of aryl methyl sites for hydroxylation is 2. The molecule has 5 heteroatoms. The first-order valence-electron chi connectivity index (χ1n) is 7.15. The van der Waals surface area contributed by atoms with Crippen LogP contribution in [0.2, 0.25) is 0 Å². The zero-order chi connectivity index (χ0) is 15.0. The van der Waals surface area contributed by atoms with Crippen molar-refractivity contribution in [3.63, 3.8) is 0 Å². The number of rotatable bonds is 2. The van der Waals surface area contributed by atoms with E-state index in [1.54, 1.807) is 23.6 Å². The average Bonchev–Trinajstić information content (AvgIpc) is 2.60. The first-order chi connectivity index (χ1) is 9.31. The molecule has 2 heterocycles. The van der Waals surface area contributed by atoms with Crippen LogP contribution in [0.15, 0.2) is 0 Å². The van der Waals surface area contributed by atoms with E-state index in [4.69, 9.17) is 0 Å². The van der Waals surface area contributed by atoms with Gasteiger partial charge in [0.15, 0.2) is 0 Å². The molecule has 1 fully saturated rings. The van der Waals surface area contributed by atoms with Gasteiger partial charge in [-0.05, 0) is 32.1 Å². The molecule has 0 radical (unpaired) electrons. The first kappa shape index (κ1) is 14.8. The number of ketones is 1. The second-order valence-corrected chi connectivity index (χ2v) is 6.15. The Morgan fingerprint density at radius 2 is 1.70 bits per heavy atom. The molecule has 2 rings (SSSR count). The fraction of sp³-hybridized carbons (Fsp3) is 0.667. The van der Waals surface area contributed by atoms with Crippen LogP contribution in [-0.2, 0) is 11.8 Å². The Labute approximate surface area is 119 Å². The highest BCUT2D eigenvalue weighted by atomic mass is 16.2. The van der Waals surface area contributed by atoms with Crippen LogP contribution >= 0.6 is 0 Å². The molecule has 2 atom stereocenters. The van der Waals surface area contributed by atoms with E-state index in [1.807, 2.05) is 6.92 Å². The first-order valence-corrected chi connectivity index (χ1v) is 7.15. The van der Waals surface area contributed by atoms with Gasteiger partial charge in [0.2, 0.25) is 0 Å². The molecule has 0 aromatic carbocycles. The van der Waals surface area contributed by atoms with Crippen LogP contribution in [0.1, 0.15) is 42.0 Å². The lowest BCUT2D eigenvalue weighted by Crippen LogP contribution is -2.45. The average molecular weight is 277 g/mol. The van der Waals surface area contributed by atoms with Gasteiger partial charge < -0.3 is 4.90 Å². The van der Waals surface area contributed by atoms with Gasteiger partial charge >= 0.3 is 0 Å². The summed E-state index contributed by atoms with van der Waals surface area (Å²) < 4.78 is 1.65. The Morgan fingerprint density at radius 1 is 1.15 bits per heavy atom. The Hall–Kier alpha value is -1.65. The summed E-state index contributed by atoms with van der Waals surface area (Å²) in [4.78, 5) is 26.6. The summed E-state index contributed by atoms with van der Waals surface area (Å²) in [5.74, 6) is 0.0928. The standard InChI is InChI=1S/C15H23N3O2/c1-9-6-10(2)8-18(7-9)15(20)14(19)13-11(3)16-17(5)12(13)4/h9-10H,6-8H2,1-5H3/t9-,10+. The molecule has 1 amide bonds. The van der Waals surface area contributed by atoms with E-state index in [-0.39, 0.29) is 5.91 Å². The maximum atomic E-state index is 12.5. The molecular weight excluding hydrogens is 254 g/mol. The molecule has 110 valence electrons. The molecule has 0 unspecified atom stereocenters. The fourth-order valence-electron chi connectivity index (χ4n) is 3.18. The minimum Gasteiger partial charge on any atom is -0.335 e. The van der Waals surface area contributed by atoms with Gasteiger partial charge in [-0.1, -0.05) is 13.8 Å². The Kier molecular flexibility index (Phi) is 3.97. The number of carbonyl (C=O) groups excluding carboxylic acids is 2. The van der Waals surface area contributed by atoms with Gasteiger partial charge in [0, 0.05) is 25.8 Å². The Bertz CT molecular complexity index is 538. The predicted molar refractivity (Wildman–Crippen MR) is 76.5 cm³/mol. The van der Waals surface area contributed by atoms with E-state index in [0.29, 0.717) is 36.2 Å². The lowest BCUT2D eigenvalue weighted by Gasteiger charge is -2.34. The monoisotopic (exact) mass is 277 g/mol. The highest BCUT2D eigenvalue weighted by molar-refractivity contribution is 6.43. The maximum Gasteiger partial charge on any atom is 0.295 e. The van der Waals surface area contributed by atoms with Gasteiger partial charge in [-0.15, -0.1) is 0 Å². The smallest absolute Gasteiger partial charge is 0.295 e. The summed E-state index contributed by atoms with van der Waals surface area (Å²) in [6.07, 6.45) is 1.11. The van der Waals surface area contributed by atoms with E-state index >= 15 is 0 Å². The molecule has 1 aliphatic rings. The van der Waals surface area contributed by atoms with Crippen molar-refractivity contribution in [2.45, 2.75) is 34.1 Å². The molecule has 0 spiro atoms. The molecule has 5 nitrogen and oxygen atoms in total. The minimum atomic E-state index is -0.422. The number of piperidine rings is 1. The van der Waals surface area contributed by atoms with Gasteiger partial charge in [0.25, 0.3) is 11.7 Å². The lowest BCUT2D eigenvalue weighted by molar-refractivity contribution is -0.129. The van der Waals surface area contributed by atoms with Crippen LogP contribution in [-0.4, -0.2) is 39.5 Å². The molecule has 1 aromatic rings. The number of amides is 1.